The molecule has 0 saturated carbocycles. The molecule has 5 rings (SSSR count). The Morgan fingerprint density at radius 1 is 1.06 bits per heavy atom. The second kappa shape index (κ2) is 10.3. The molecule has 9 heteroatoms. The number of methoxy groups -OCH3 is 2. The highest BCUT2D eigenvalue weighted by atomic mass is 19.1. The quantitative estimate of drug-likeness (QED) is 0.298. The lowest BCUT2D eigenvalue weighted by atomic mass is 9.94. The predicted molar refractivity (Wildman–Crippen MR) is 135 cm³/mol. The average molecular weight is 488 g/mol. The van der Waals surface area contributed by atoms with E-state index in [1.807, 2.05) is 49.5 Å². The number of halogens is 1. The van der Waals surface area contributed by atoms with Gasteiger partial charge in [0, 0.05) is 32.8 Å². The van der Waals surface area contributed by atoms with Crippen molar-refractivity contribution in [3.8, 4) is 39.7 Å². The molecule has 0 fully saturated rings. The van der Waals surface area contributed by atoms with Crippen molar-refractivity contribution >= 4 is 11.1 Å². The van der Waals surface area contributed by atoms with Crippen LogP contribution in [0.1, 0.15) is 5.56 Å². The Kier molecular flexibility index (Phi) is 6.75. The number of ether oxygens (including phenoxy) is 2. The van der Waals surface area contributed by atoms with Gasteiger partial charge in [0.25, 0.3) is 0 Å². The van der Waals surface area contributed by atoms with E-state index >= 15 is 4.39 Å². The van der Waals surface area contributed by atoms with Gasteiger partial charge >= 0.3 is 0 Å². The highest BCUT2D eigenvalue weighted by Crippen LogP contribution is 2.42. The van der Waals surface area contributed by atoms with Crippen LogP contribution < -0.4 is 10.1 Å². The zero-order valence-electron chi connectivity index (χ0n) is 20.3. The Morgan fingerprint density at radius 2 is 1.89 bits per heavy atom. The summed E-state index contributed by atoms with van der Waals surface area (Å²) < 4.78 is 34.1. The van der Waals surface area contributed by atoms with Crippen LogP contribution in [0.25, 0.3) is 45.1 Å². The van der Waals surface area contributed by atoms with Crippen LogP contribution >= 0.6 is 0 Å². The molecule has 5 aromatic rings. The lowest BCUT2D eigenvalue weighted by Gasteiger charge is -2.14. The minimum Gasteiger partial charge on any atom is -0.493 e. The summed E-state index contributed by atoms with van der Waals surface area (Å²) in [6.07, 6.45) is 1.58. The Labute approximate surface area is 207 Å². The fourth-order valence-electron chi connectivity index (χ4n) is 4.21. The van der Waals surface area contributed by atoms with Gasteiger partial charge in [0.2, 0.25) is 5.89 Å². The molecule has 0 saturated heterocycles. The molecule has 184 valence electrons. The number of rotatable bonds is 9. The van der Waals surface area contributed by atoms with E-state index in [-0.39, 0.29) is 11.5 Å². The number of benzene rings is 3. The standard InChI is InChI=1S/C27H26FN5O3/c1-33-16-30-32-26(33)23-19(18-7-5-4-6-8-18)9-10-20(28)24(23)27-31-21-13-17(15-29-11-12-34-2)14-22(35-3)25(21)36-27/h4-10,13-14,16,29H,11-12,15H2,1-3H3. The van der Waals surface area contributed by atoms with Crippen LogP contribution in [0, 0.1) is 5.82 Å². The van der Waals surface area contributed by atoms with Gasteiger partial charge in [-0.3, -0.25) is 0 Å². The highest BCUT2D eigenvalue weighted by Gasteiger charge is 2.26. The summed E-state index contributed by atoms with van der Waals surface area (Å²) in [5.74, 6) is 0.691. The summed E-state index contributed by atoms with van der Waals surface area (Å²) in [6.45, 7) is 1.91. The molecule has 3 aromatic carbocycles. The minimum atomic E-state index is -0.473. The third-order valence-corrected chi connectivity index (χ3v) is 5.94. The molecule has 0 amide bonds. The van der Waals surface area contributed by atoms with E-state index in [4.69, 9.17) is 18.9 Å². The highest BCUT2D eigenvalue weighted by molar-refractivity contribution is 5.92. The number of oxazole rings is 1. The van der Waals surface area contributed by atoms with E-state index in [1.165, 1.54) is 6.07 Å². The predicted octanol–water partition coefficient (Wildman–Crippen LogP) is 4.84. The fraction of sp³-hybridized carbons (Fsp3) is 0.222. The number of aromatic nitrogens is 4. The lowest BCUT2D eigenvalue weighted by molar-refractivity contribution is 0.199. The van der Waals surface area contributed by atoms with Crippen molar-refractivity contribution in [2.75, 3.05) is 27.4 Å². The van der Waals surface area contributed by atoms with Crippen LogP contribution in [0.5, 0.6) is 5.75 Å². The first-order chi connectivity index (χ1) is 17.6. The van der Waals surface area contributed by atoms with Crippen LogP contribution in [0.4, 0.5) is 4.39 Å². The van der Waals surface area contributed by atoms with Gasteiger partial charge in [0.05, 0.1) is 19.3 Å². The average Bonchev–Trinajstić information content (AvgIpc) is 3.52. The Morgan fingerprint density at radius 3 is 2.61 bits per heavy atom. The second-order valence-corrected chi connectivity index (χ2v) is 8.31. The zero-order valence-corrected chi connectivity index (χ0v) is 20.3. The van der Waals surface area contributed by atoms with Gasteiger partial charge in [-0.05, 0) is 34.9 Å². The van der Waals surface area contributed by atoms with Gasteiger partial charge in [-0.15, -0.1) is 10.2 Å². The third kappa shape index (κ3) is 4.46. The van der Waals surface area contributed by atoms with Gasteiger partial charge in [-0.2, -0.15) is 0 Å². The van der Waals surface area contributed by atoms with Gasteiger partial charge < -0.3 is 23.8 Å². The molecule has 2 aromatic heterocycles. The van der Waals surface area contributed by atoms with E-state index in [9.17, 15) is 0 Å². The van der Waals surface area contributed by atoms with E-state index in [2.05, 4.69) is 15.5 Å². The van der Waals surface area contributed by atoms with Crippen LogP contribution in [0.2, 0.25) is 0 Å². The molecule has 0 spiro atoms. The van der Waals surface area contributed by atoms with E-state index in [0.717, 1.165) is 16.7 Å². The second-order valence-electron chi connectivity index (χ2n) is 8.31. The van der Waals surface area contributed by atoms with Crippen molar-refractivity contribution in [1.82, 2.24) is 25.1 Å². The molecule has 0 bridgehead atoms. The van der Waals surface area contributed by atoms with Crippen LogP contribution in [-0.2, 0) is 18.3 Å². The van der Waals surface area contributed by atoms with Crippen LogP contribution in [0.15, 0.2) is 65.3 Å². The summed E-state index contributed by atoms with van der Waals surface area (Å²) in [5, 5.41) is 11.6. The van der Waals surface area contributed by atoms with Crippen molar-refractivity contribution in [1.29, 1.82) is 0 Å². The number of hydrogen-bond acceptors (Lipinski definition) is 7. The molecule has 0 aliphatic carbocycles. The molecule has 2 heterocycles. The Hall–Kier alpha value is -4.08. The Balaban J connectivity index is 1.69. The fourth-order valence-corrected chi connectivity index (χ4v) is 4.21. The van der Waals surface area contributed by atoms with Gasteiger partial charge in [0.15, 0.2) is 17.2 Å². The number of nitrogens with zero attached hydrogens (tertiary/aromatic N) is 4. The van der Waals surface area contributed by atoms with E-state index < -0.39 is 5.82 Å². The summed E-state index contributed by atoms with van der Waals surface area (Å²) in [7, 11) is 5.05. The molecule has 0 unspecified atom stereocenters. The van der Waals surface area contributed by atoms with Crippen molar-refractivity contribution < 1.29 is 18.3 Å². The van der Waals surface area contributed by atoms with Crippen molar-refractivity contribution in [2.45, 2.75) is 6.54 Å². The first kappa shape index (κ1) is 23.7. The molecule has 36 heavy (non-hydrogen) atoms. The maximum absolute atomic E-state index is 15.6. The normalized spacial score (nSPS) is 11.3. The zero-order chi connectivity index (χ0) is 25.1. The van der Waals surface area contributed by atoms with Crippen molar-refractivity contribution in [3.05, 3.63) is 72.3 Å². The molecule has 0 aliphatic rings. The van der Waals surface area contributed by atoms with Crippen LogP contribution in [-0.4, -0.2) is 47.1 Å². The molecule has 0 atom stereocenters. The molecular formula is C27H26FN5O3. The van der Waals surface area contributed by atoms with Crippen molar-refractivity contribution in [2.24, 2.45) is 7.05 Å². The number of hydrogen-bond donors (Lipinski definition) is 1. The monoisotopic (exact) mass is 487 g/mol. The van der Waals surface area contributed by atoms with Crippen LogP contribution in [0.3, 0.4) is 0 Å². The first-order valence-corrected chi connectivity index (χ1v) is 11.5. The molecule has 0 aliphatic heterocycles. The van der Waals surface area contributed by atoms with Gasteiger partial charge in [-0.1, -0.05) is 36.4 Å². The Bertz CT molecular complexity index is 1500. The topological polar surface area (TPSA) is 87.2 Å². The SMILES string of the molecule is COCCNCc1cc(OC)c2oc(-c3c(F)ccc(-c4ccccc4)c3-c3nncn3C)nc2c1. The molecule has 8 nitrogen and oxygen atoms in total. The largest absolute Gasteiger partial charge is 0.493 e. The third-order valence-electron chi connectivity index (χ3n) is 5.94. The van der Waals surface area contributed by atoms with Gasteiger partial charge in [-0.25, -0.2) is 9.37 Å². The molecular weight excluding hydrogens is 461 g/mol. The number of aryl methyl sites for hydroxylation is 1. The summed E-state index contributed by atoms with van der Waals surface area (Å²) in [4.78, 5) is 4.70. The number of nitrogens with one attached hydrogen (secondary N) is 1. The van der Waals surface area contributed by atoms with Crippen molar-refractivity contribution in [3.63, 3.8) is 0 Å². The maximum atomic E-state index is 15.6. The van der Waals surface area contributed by atoms with Gasteiger partial charge in [0.1, 0.15) is 17.7 Å². The maximum Gasteiger partial charge on any atom is 0.231 e. The smallest absolute Gasteiger partial charge is 0.231 e. The summed E-state index contributed by atoms with van der Waals surface area (Å²) in [6, 6.07) is 16.7. The molecule has 1 N–H and O–H groups in total. The summed E-state index contributed by atoms with van der Waals surface area (Å²) >= 11 is 0. The minimum absolute atomic E-state index is 0.140. The van der Waals surface area contributed by atoms with E-state index in [0.29, 0.717) is 47.9 Å². The summed E-state index contributed by atoms with van der Waals surface area (Å²) in [5.41, 5.74) is 4.44. The lowest BCUT2D eigenvalue weighted by Crippen LogP contribution is -2.18. The first-order valence-electron chi connectivity index (χ1n) is 11.5. The van der Waals surface area contributed by atoms with E-state index in [1.54, 1.807) is 31.2 Å². The number of fused-ring (bicyclic) bond motifs is 1. The molecule has 0 radical (unpaired) electrons.